The Morgan fingerprint density at radius 3 is 2.83 bits per heavy atom. The van der Waals surface area contributed by atoms with Crippen molar-refractivity contribution in [1.29, 1.82) is 0 Å². The summed E-state index contributed by atoms with van der Waals surface area (Å²) in [5.41, 5.74) is 1.79. The topological polar surface area (TPSA) is 58.4 Å². The van der Waals surface area contributed by atoms with Crippen molar-refractivity contribution in [1.82, 2.24) is 15.2 Å². The summed E-state index contributed by atoms with van der Waals surface area (Å²) in [4.78, 5) is 19.1. The molecule has 5 heteroatoms. The Morgan fingerprint density at radius 1 is 1.30 bits per heavy atom. The van der Waals surface area contributed by atoms with Crippen LogP contribution in [0, 0.1) is 6.92 Å². The summed E-state index contributed by atoms with van der Waals surface area (Å²) in [6.07, 6.45) is 2.49. The Kier molecular flexibility index (Phi) is 4.76. The van der Waals surface area contributed by atoms with Gasteiger partial charge in [0.2, 0.25) is 0 Å². The van der Waals surface area contributed by atoms with Gasteiger partial charge in [0.25, 0.3) is 5.91 Å². The third-order valence-corrected chi connectivity index (χ3v) is 4.16. The SMILES string of the molecule is Cc1cccc([C@H](C)NC(=O)c2ccc(CN3CCCC3)o2)n1. The van der Waals surface area contributed by atoms with E-state index in [2.05, 4.69) is 15.2 Å². The third kappa shape index (κ3) is 3.99. The lowest BCUT2D eigenvalue weighted by atomic mass is 10.2. The van der Waals surface area contributed by atoms with Crippen molar-refractivity contribution in [2.75, 3.05) is 13.1 Å². The molecule has 1 amide bonds. The maximum atomic E-state index is 12.3. The van der Waals surface area contributed by atoms with E-state index in [0.717, 1.165) is 36.8 Å². The van der Waals surface area contributed by atoms with Crippen LogP contribution in [0.25, 0.3) is 0 Å². The molecule has 1 aliphatic heterocycles. The Hall–Kier alpha value is -2.14. The number of aryl methyl sites for hydroxylation is 1. The predicted molar refractivity (Wildman–Crippen MR) is 88.1 cm³/mol. The predicted octanol–water partition coefficient (Wildman–Crippen LogP) is 3.07. The van der Waals surface area contributed by atoms with Crippen LogP contribution in [0.3, 0.4) is 0 Å². The zero-order chi connectivity index (χ0) is 16.2. The number of aromatic nitrogens is 1. The van der Waals surface area contributed by atoms with Crippen LogP contribution in [0.15, 0.2) is 34.7 Å². The fourth-order valence-electron chi connectivity index (χ4n) is 2.89. The van der Waals surface area contributed by atoms with Crippen molar-refractivity contribution in [3.8, 4) is 0 Å². The maximum absolute atomic E-state index is 12.3. The van der Waals surface area contributed by atoms with Gasteiger partial charge in [-0.05, 0) is 64.0 Å². The normalized spacial score (nSPS) is 16.4. The van der Waals surface area contributed by atoms with E-state index >= 15 is 0 Å². The average Bonchev–Trinajstić information content (AvgIpc) is 3.19. The molecule has 0 spiro atoms. The highest BCUT2D eigenvalue weighted by molar-refractivity contribution is 5.91. The molecule has 23 heavy (non-hydrogen) atoms. The van der Waals surface area contributed by atoms with Gasteiger partial charge < -0.3 is 9.73 Å². The van der Waals surface area contributed by atoms with Gasteiger partial charge >= 0.3 is 0 Å². The van der Waals surface area contributed by atoms with Gasteiger partial charge in [0.15, 0.2) is 5.76 Å². The van der Waals surface area contributed by atoms with Gasteiger partial charge in [-0.2, -0.15) is 0 Å². The van der Waals surface area contributed by atoms with E-state index in [9.17, 15) is 4.79 Å². The monoisotopic (exact) mass is 313 g/mol. The minimum atomic E-state index is -0.200. The highest BCUT2D eigenvalue weighted by Gasteiger charge is 2.18. The number of rotatable bonds is 5. The van der Waals surface area contributed by atoms with E-state index in [1.165, 1.54) is 12.8 Å². The number of amides is 1. The Morgan fingerprint density at radius 2 is 2.09 bits per heavy atom. The molecular formula is C18H23N3O2. The van der Waals surface area contributed by atoms with Gasteiger partial charge in [-0.3, -0.25) is 14.7 Å². The van der Waals surface area contributed by atoms with Crippen LogP contribution >= 0.6 is 0 Å². The Balaban J connectivity index is 1.60. The number of pyridine rings is 1. The Bertz CT molecular complexity index is 674. The van der Waals surface area contributed by atoms with Crippen LogP contribution in [0.4, 0.5) is 0 Å². The minimum absolute atomic E-state index is 0.158. The number of likely N-dealkylation sites (tertiary alicyclic amines) is 1. The molecule has 2 aromatic rings. The van der Waals surface area contributed by atoms with E-state index in [1.807, 2.05) is 38.1 Å². The van der Waals surface area contributed by atoms with E-state index in [0.29, 0.717) is 5.76 Å². The van der Waals surface area contributed by atoms with Gasteiger partial charge in [-0.1, -0.05) is 6.07 Å². The molecule has 2 aromatic heterocycles. The van der Waals surface area contributed by atoms with Crippen LogP contribution in [0.1, 0.15) is 53.5 Å². The highest BCUT2D eigenvalue weighted by atomic mass is 16.4. The van der Waals surface area contributed by atoms with Crippen LogP contribution in [0.2, 0.25) is 0 Å². The van der Waals surface area contributed by atoms with Crippen molar-refractivity contribution in [2.24, 2.45) is 0 Å². The average molecular weight is 313 g/mol. The molecule has 1 atom stereocenters. The first kappa shape index (κ1) is 15.7. The van der Waals surface area contributed by atoms with Gasteiger partial charge in [0.05, 0.1) is 18.3 Å². The molecule has 1 saturated heterocycles. The molecule has 0 unspecified atom stereocenters. The quantitative estimate of drug-likeness (QED) is 0.921. The molecular weight excluding hydrogens is 290 g/mol. The fraction of sp³-hybridized carbons (Fsp3) is 0.444. The van der Waals surface area contributed by atoms with Crippen molar-refractivity contribution >= 4 is 5.91 Å². The lowest BCUT2D eigenvalue weighted by Crippen LogP contribution is -2.27. The van der Waals surface area contributed by atoms with Gasteiger partial charge in [-0.15, -0.1) is 0 Å². The molecule has 0 saturated carbocycles. The van der Waals surface area contributed by atoms with Crippen LogP contribution in [-0.4, -0.2) is 28.9 Å². The zero-order valence-corrected chi connectivity index (χ0v) is 13.7. The molecule has 3 heterocycles. The zero-order valence-electron chi connectivity index (χ0n) is 13.7. The molecule has 122 valence electrons. The first-order chi connectivity index (χ1) is 11.1. The molecule has 0 aliphatic carbocycles. The first-order valence-corrected chi connectivity index (χ1v) is 8.17. The van der Waals surface area contributed by atoms with Crippen LogP contribution < -0.4 is 5.32 Å². The summed E-state index contributed by atoms with van der Waals surface area (Å²) in [5, 5.41) is 2.94. The largest absolute Gasteiger partial charge is 0.455 e. The van der Waals surface area contributed by atoms with Crippen molar-refractivity contribution in [2.45, 2.75) is 39.3 Å². The minimum Gasteiger partial charge on any atom is -0.455 e. The standard InChI is InChI=1S/C18H23N3O2/c1-13-6-5-7-16(19-13)14(2)20-18(22)17-9-8-15(23-17)12-21-10-3-4-11-21/h5-9,14H,3-4,10-12H2,1-2H3,(H,20,22)/t14-/m0/s1. The summed E-state index contributed by atoms with van der Waals surface area (Å²) in [6, 6.07) is 9.28. The van der Waals surface area contributed by atoms with Gasteiger partial charge in [-0.25, -0.2) is 0 Å². The number of nitrogens with zero attached hydrogens (tertiary/aromatic N) is 2. The molecule has 0 aromatic carbocycles. The number of hydrogen-bond donors (Lipinski definition) is 1. The summed E-state index contributed by atoms with van der Waals surface area (Å²) < 4.78 is 5.69. The molecule has 1 aliphatic rings. The number of hydrogen-bond acceptors (Lipinski definition) is 4. The fourth-order valence-corrected chi connectivity index (χ4v) is 2.89. The molecule has 1 N–H and O–H groups in total. The number of carbonyl (C=O) groups is 1. The smallest absolute Gasteiger partial charge is 0.287 e. The molecule has 1 fully saturated rings. The molecule has 3 rings (SSSR count). The lowest BCUT2D eigenvalue weighted by molar-refractivity contribution is 0.0907. The molecule has 0 bridgehead atoms. The second kappa shape index (κ2) is 6.96. The van der Waals surface area contributed by atoms with Gasteiger partial charge in [0, 0.05) is 5.69 Å². The lowest BCUT2D eigenvalue weighted by Gasteiger charge is -2.13. The Labute approximate surface area is 136 Å². The molecule has 5 nitrogen and oxygen atoms in total. The first-order valence-electron chi connectivity index (χ1n) is 8.17. The second-order valence-corrected chi connectivity index (χ2v) is 6.15. The number of carbonyl (C=O) groups excluding carboxylic acids is 1. The van der Waals surface area contributed by atoms with E-state index in [-0.39, 0.29) is 11.9 Å². The van der Waals surface area contributed by atoms with E-state index in [1.54, 1.807) is 6.07 Å². The molecule has 0 radical (unpaired) electrons. The number of furan rings is 1. The van der Waals surface area contributed by atoms with Crippen molar-refractivity contribution < 1.29 is 9.21 Å². The summed E-state index contributed by atoms with van der Waals surface area (Å²) in [5.74, 6) is 1.01. The summed E-state index contributed by atoms with van der Waals surface area (Å²) in [7, 11) is 0. The highest BCUT2D eigenvalue weighted by Crippen LogP contribution is 2.16. The summed E-state index contributed by atoms with van der Waals surface area (Å²) in [6.45, 7) is 6.86. The van der Waals surface area contributed by atoms with Crippen LogP contribution in [-0.2, 0) is 6.54 Å². The van der Waals surface area contributed by atoms with Crippen molar-refractivity contribution in [3.63, 3.8) is 0 Å². The second-order valence-electron chi connectivity index (χ2n) is 6.15. The van der Waals surface area contributed by atoms with E-state index in [4.69, 9.17) is 4.42 Å². The van der Waals surface area contributed by atoms with Gasteiger partial charge in [0.1, 0.15) is 5.76 Å². The summed E-state index contributed by atoms with van der Waals surface area (Å²) >= 11 is 0. The van der Waals surface area contributed by atoms with E-state index < -0.39 is 0 Å². The number of nitrogens with one attached hydrogen (secondary N) is 1. The van der Waals surface area contributed by atoms with Crippen molar-refractivity contribution in [3.05, 3.63) is 53.2 Å². The maximum Gasteiger partial charge on any atom is 0.287 e. The third-order valence-electron chi connectivity index (χ3n) is 4.16. The van der Waals surface area contributed by atoms with Crippen LogP contribution in [0.5, 0.6) is 0 Å².